The van der Waals surface area contributed by atoms with Crippen LogP contribution in [0.4, 0.5) is 4.79 Å². The predicted molar refractivity (Wildman–Crippen MR) is 119 cm³/mol. The van der Waals surface area contributed by atoms with Gasteiger partial charge in [0.25, 0.3) is 5.91 Å². The number of likely N-dealkylation sites (tertiary alicyclic amines) is 3. The molecule has 1 spiro atoms. The molecule has 32 heavy (non-hydrogen) atoms. The molecule has 4 saturated heterocycles. The van der Waals surface area contributed by atoms with Crippen molar-refractivity contribution in [3.05, 3.63) is 0 Å². The molecule has 5 amide bonds. The van der Waals surface area contributed by atoms with Gasteiger partial charge in [0.1, 0.15) is 5.54 Å². The second-order valence-electron chi connectivity index (χ2n) is 9.75. The van der Waals surface area contributed by atoms with Crippen LogP contribution in [0.2, 0.25) is 0 Å². The van der Waals surface area contributed by atoms with Crippen LogP contribution in [-0.2, 0) is 14.4 Å². The van der Waals surface area contributed by atoms with Gasteiger partial charge >= 0.3 is 6.03 Å². The standard InChI is InChI=1S/C23H37N5O4/c1-2-19(29)26-14-9-23(10-15-26)21(31)28(22(32)24-23)18-8-7-13-27(16-18)20(30)17-25-11-5-3-4-6-12-25/h18H,2-17H2,1H3,(H,24,32)/t18-/m1/s1. The molecular weight excluding hydrogens is 410 g/mol. The van der Waals surface area contributed by atoms with E-state index in [9.17, 15) is 19.2 Å². The van der Waals surface area contributed by atoms with Crippen molar-refractivity contribution in [3.63, 3.8) is 0 Å². The highest BCUT2D eigenvalue weighted by Gasteiger charge is 2.54. The van der Waals surface area contributed by atoms with Crippen LogP contribution in [0.3, 0.4) is 0 Å². The topological polar surface area (TPSA) is 93.3 Å². The van der Waals surface area contributed by atoms with Crippen LogP contribution >= 0.6 is 0 Å². The van der Waals surface area contributed by atoms with Gasteiger partial charge in [0, 0.05) is 32.6 Å². The second-order valence-corrected chi connectivity index (χ2v) is 9.75. The van der Waals surface area contributed by atoms with Crippen molar-refractivity contribution in [3.8, 4) is 0 Å². The number of rotatable bonds is 4. The first kappa shape index (κ1) is 23.0. The zero-order chi connectivity index (χ0) is 22.7. The maximum Gasteiger partial charge on any atom is 0.325 e. The molecule has 0 saturated carbocycles. The number of nitrogens with one attached hydrogen (secondary N) is 1. The van der Waals surface area contributed by atoms with E-state index in [1.165, 1.54) is 17.7 Å². The Labute approximate surface area is 190 Å². The summed E-state index contributed by atoms with van der Waals surface area (Å²) >= 11 is 0. The fourth-order valence-electron chi connectivity index (χ4n) is 5.65. The van der Waals surface area contributed by atoms with Crippen molar-refractivity contribution in [2.24, 2.45) is 0 Å². The van der Waals surface area contributed by atoms with Gasteiger partial charge in [0.15, 0.2) is 0 Å². The van der Waals surface area contributed by atoms with Gasteiger partial charge in [0.2, 0.25) is 11.8 Å². The van der Waals surface area contributed by atoms with Gasteiger partial charge < -0.3 is 15.1 Å². The summed E-state index contributed by atoms with van der Waals surface area (Å²) in [6.07, 6.45) is 7.60. The van der Waals surface area contributed by atoms with Gasteiger partial charge in [-0.3, -0.25) is 24.2 Å². The fourth-order valence-corrected chi connectivity index (χ4v) is 5.65. The highest BCUT2D eigenvalue weighted by atomic mass is 16.2. The molecule has 4 fully saturated rings. The van der Waals surface area contributed by atoms with Crippen LogP contribution in [0.1, 0.15) is 64.7 Å². The molecule has 4 heterocycles. The third kappa shape index (κ3) is 4.63. The minimum absolute atomic E-state index is 0.0827. The molecule has 0 aromatic heterocycles. The average molecular weight is 448 g/mol. The van der Waals surface area contributed by atoms with Gasteiger partial charge in [0.05, 0.1) is 12.6 Å². The highest BCUT2D eigenvalue weighted by molar-refractivity contribution is 6.07. The van der Waals surface area contributed by atoms with Crippen molar-refractivity contribution in [2.75, 3.05) is 45.8 Å². The lowest BCUT2D eigenvalue weighted by molar-refractivity contribution is -0.141. The Morgan fingerprint density at radius 2 is 1.59 bits per heavy atom. The number of imide groups is 1. The van der Waals surface area contributed by atoms with Gasteiger partial charge in [-0.05, 0) is 51.6 Å². The van der Waals surface area contributed by atoms with E-state index < -0.39 is 5.54 Å². The lowest BCUT2D eigenvalue weighted by Gasteiger charge is -2.39. The molecule has 9 heteroatoms. The van der Waals surface area contributed by atoms with E-state index in [4.69, 9.17) is 0 Å². The molecule has 1 atom stereocenters. The zero-order valence-electron chi connectivity index (χ0n) is 19.3. The molecule has 0 aromatic carbocycles. The molecule has 4 aliphatic rings. The van der Waals surface area contributed by atoms with E-state index in [1.54, 1.807) is 4.90 Å². The fraction of sp³-hybridized carbons (Fsp3) is 0.826. The first-order valence-corrected chi connectivity index (χ1v) is 12.4. The Bertz CT molecular complexity index is 741. The maximum absolute atomic E-state index is 13.4. The van der Waals surface area contributed by atoms with Crippen molar-refractivity contribution in [1.29, 1.82) is 0 Å². The van der Waals surface area contributed by atoms with Gasteiger partial charge in [-0.2, -0.15) is 0 Å². The SMILES string of the molecule is CCC(=O)N1CCC2(CC1)NC(=O)N([C@@H]1CCCN(C(=O)CN3CCCCCC3)C1)C2=O. The van der Waals surface area contributed by atoms with Crippen molar-refractivity contribution >= 4 is 23.8 Å². The van der Waals surface area contributed by atoms with Crippen LogP contribution in [0.25, 0.3) is 0 Å². The summed E-state index contributed by atoms with van der Waals surface area (Å²) in [6, 6.07) is -0.629. The second kappa shape index (κ2) is 9.77. The summed E-state index contributed by atoms with van der Waals surface area (Å²) < 4.78 is 0. The number of carbonyl (C=O) groups is 4. The first-order chi connectivity index (χ1) is 15.4. The van der Waals surface area contributed by atoms with E-state index in [0.717, 1.165) is 38.8 Å². The first-order valence-electron chi connectivity index (χ1n) is 12.4. The number of urea groups is 1. The number of piperidine rings is 2. The molecule has 178 valence electrons. The Morgan fingerprint density at radius 1 is 0.906 bits per heavy atom. The van der Waals surface area contributed by atoms with E-state index in [1.807, 2.05) is 11.8 Å². The van der Waals surface area contributed by atoms with Crippen molar-refractivity contribution in [2.45, 2.75) is 76.3 Å². The van der Waals surface area contributed by atoms with Crippen LogP contribution in [0, 0.1) is 0 Å². The lowest BCUT2D eigenvalue weighted by atomic mass is 9.87. The molecular formula is C23H37N5O4. The third-order valence-corrected chi connectivity index (χ3v) is 7.64. The monoisotopic (exact) mass is 447 g/mol. The zero-order valence-corrected chi connectivity index (χ0v) is 19.3. The summed E-state index contributed by atoms with van der Waals surface area (Å²) in [6.45, 7) is 6.27. The lowest BCUT2D eigenvalue weighted by Crippen LogP contribution is -2.57. The molecule has 0 unspecified atom stereocenters. The molecule has 0 radical (unpaired) electrons. The molecule has 9 nitrogen and oxygen atoms in total. The van der Waals surface area contributed by atoms with Crippen molar-refractivity contribution < 1.29 is 19.2 Å². The quantitative estimate of drug-likeness (QED) is 0.653. The highest BCUT2D eigenvalue weighted by Crippen LogP contribution is 2.32. The Hall–Kier alpha value is -2.16. The van der Waals surface area contributed by atoms with Crippen LogP contribution in [-0.4, -0.2) is 101 Å². The Kier molecular flexibility index (Phi) is 7.02. The Morgan fingerprint density at radius 3 is 2.25 bits per heavy atom. The Balaban J connectivity index is 1.37. The number of carbonyl (C=O) groups excluding carboxylic acids is 4. The molecule has 0 aliphatic carbocycles. The molecule has 4 aliphatic heterocycles. The van der Waals surface area contributed by atoms with Gasteiger partial charge in [-0.25, -0.2) is 4.79 Å². The molecule has 1 N–H and O–H groups in total. The maximum atomic E-state index is 13.4. The van der Waals surface area contributed by atoms with Gasteiger partial charge in [-0.1, -0.05) is 19.8 Å². The van der Waals surface area contributed by atoms with Crippen LogP contribution in [0.15, 0.2) is 0 Å². The summed E-state index contributed by atoms with van der Waals surface area (Å²) in [5, 5.41) is 2.95. The van der Waals surface area contributed by atoms with Gasteiger partial charge in [-0.15, -0.1) is 0 Å². The summed E-state index contributed by atoms with van der Waals surface area (Å²) in [4.78, 5) is 58.5. The van der Waals surface area contributed by atoms with Crippen LogP contribution < -0.4 is 5.32 Å². The number of hydrogen-bond acceptors (Lipinski definition) is 5. The van der Waals surface area contributed by atoms with E-state index in [-0.39, 0.29) is 29.8 Å². The van der Waals surface area contributed by atoms with Crippen LogP contribution in [0.5, 0.6) is 0 Å². The normalized spacial score (nSPS) is 26.9. The minimum Gasteiger partial charge on any atom is -0.343 e. The number of amides is 5. The summed E-state index contributed by atoms with van der Waals surface area (Å²) in [7, 11) is 0. The van der Waals surface area contributed by atoms with E-state index >= 15 is 0 Å². The molecule has 0 bridgehead atoms. The van der Waals surface area contributed by atoms with E-state index in [0.29, 0.717) is 52.0 Å². The minimum atomic E-state index is -0.903. The largest absolute Gasteiger partial charge is 0.343 e. The number of nitrogens with zero attached hydrogens (tertiary/aromatic N) is 4. The van der Waals surface area contributed by atoms with Crippen molar-refractivity contribution in [1.82, 2.24) is 24.9 Å². The summed E-state index contributed by atoms with van der Waals surface area (Å²) in [5.41, 5.74) is -0.903. The smallest absolute Gasteiger partial charge is 0.325 e. The third-order valence-electron chi connectivity index (χ3n) is 7.64. The average Bonchev–Trinajstić information content (AvgIpc) is 2.96. The molecule has 0 aromatic rings. The van der Waals surface area contributed by atoms with E-state index in [2.05, 4.69) is 10.2 Å². The molecule has 4 rings (SSSR count). The number of hydrogen-bond donors (Lipinski definition) is 1. The summed E-state index contributed by atoms with van der Waals surface area (Å²) in [5.74, 6) is 0.00184. The predicted octanol–water partition coefficient (Wildman–Crippen LogP) is 1.18.